The molecular weight excluding hydrogens is 656 g/mol. The van der Waals surface area contributed by atoms with Crippen molar-refractivity contribution in [1.82, 2.24) is 25.0 Å². The minimum Gasteiger partial charge on any atom is -0.380 e. The van der Waals surface area contributed by atoms with Gasteiger partial charge >= 0.3 is 0 Å². The van der Waals surface area contributed by atoms with Gasteiger partial charge in [0.05, 0.1) is 36.9 Å². The topological polar surface area (TPSA) is 121 Å². The number of carbonyl (C=O) groups excluding carboxylic acids is 4. The Balaban J connectivity index is 1.07. The van der Waals surface area contributed by atoms with Crippen molar-refractivity contribution in [3.05, 3.63) is 16.6 Å². The van der Waals surface area contributed by atoms with Gasteiger partial charge in [0, 0.05) is 75.5 Å². The number of piperidine rings is 1. The lowest BCUT2D eigenvalue weighted by Gasteiger charge is -2.51. The number of alkyl halides is 2. The first-order valence-corrected chi connectivity index (χ1v) is 18.7. The molecule has 2 aliphatic carbocycles. The Hall–Kier alpha value is -2.71. The van der Waals surface area contributed by atoms with Gasteiger partial charge in [-0.1, -0.05) is 13.8 Å². The highest BCUT2D eigenvalue weighted by Gasteiger charge is 2.62. The molecule has 1 aromatic heterocycles. The number of amides is 4. The summed E-state index contributed by atoms with van der Waals surface area (Å²) in [5.41, 5.74) is 1.06. The zero-order valence-electron chi connectivity index (χ0n) is 28.8. The van der Waals surface area contributed by atoms with Gasteiger partial charge in [-0.3, -0.25) is 24.2 Å². The molecule has 7 rings (SSSR count). The number of aromatic nitrogens is 1. The summed E-state index contributed by atoms with van der Waals surface area (Å²) in [4.78, 5) is 65.1. The van der Waals surface area contributed by atoms with Crippen LogP contribution in [0.1, 0.15) is 75.4 Å². The summed E-state index contributed by atoms with van der Waals surface area (Å²) in [7, 11) is 0. The summed E-state index contributed by atoms with van der Waals surface area (Å²) >= 11 is 1.24. The monoisotopic (exact) mass is 705 g/mol. The molecule has 2 saturated carbocycles. The van der Waals surface area contributed by atoms with Gasteiger partial charge in [-0.2, -0.15) is 0 Å². The summed E-state index contributed by atoms with van der Waals surface area (Å²) in [5, 5.41) is 3.06. The number of ether oxygens (including phenoxy) is 2. The van der Waals surface area contributed by atoms with E-state index in [1.54, 1.807) is 22.2 Å². The van der Waals surface area contributed by atoms with Crippen LogP contribution in [0.3, 0.4) is 0 Å². The number of nitrogens with zero attached hydrogens (tertiary/aromatic N) is 4. The molecule has 4 amide bonds. The molecule has 0 bridgehead atoms. The van der Waals surface area contributed by atoms with Crippen molar-refractivity contribution < 1.29 is 37.4 Å². The highest BCUT2D eigenvalue weighted by atomic mass is 32.1. The first kappa shape index (κ1) is 34.7. The van der Waals surface area contributed by atoms with Crippen molar-refractivity contribution in [3.63, 3.8) is 0 Å². The maximum Gasteiger partial charge on any atom is 0.265 e. The average molecular weight is 706 g/mol. The fraction of sp³-hybridized carbons (Fsp3) is 0.800. The Morgan fingerprint density at radius 1 is 1.02 bits per heavy atom. The summed E-state index contributed by atoms with van der Waals surface area (Å²) in [6, 6.07) is -0.988. The third-order valence-corrected chi connectivity index (χ3v) is 13.2. The van der Waals surface area contributed by atoms with Crippen molar-refractivity contribution in [2.75, 3.05) is 59.1 Å². The normalized spacial score (nSPS) is 29.2. The van der Waals surface area contributed by atoms with Gasteiger partial charge in [0.15, 0.2) is 0 Å². The molecule has 0 aromatic carbocycles. The highest BCUT2D eigenvalue weighted by Crippen LogP contribution is 2.55. The molecule has 6 aliphatic rings. The Bertz CT molecular complexity index is 1430. The van der Waals surface area contributed by atoms with Crippen LogP contribution < -0.4 is 5.32 Å². The standard InChI is InChI=1S/C35H49F2N5O6S/c1-22(48-15-23-4-6-35(36,37)7-5-23)27(31(46)40-10-8-33(9-11-40)19-47-20-33)39-28(43)25-14-41(30(45)26-13-38-21-49-26)16-34(25)17-42(18-34)29(44)24-12-32(24,2)3/h13,21-25,27H,4-12,14-20H2,1-3H3,(H,39,43)/t22-,24-,25+,27+/m1/s1. The quantitative estimate of drug-likeness (QED) is 0.418. The van der Waals surface area contributed by atoms with Crippen LogP contribution in [0.5, 0.6) is 0 Å². The van der Waals surface area contributed by atoms with Gasteiger partial charge in [-0.05, 0) is 50.4 Å². The third-order valence-electron chi connectivity index (χ3n) is 12.4. The average Bonchev–Trinajstić information content (AvgIpc) is 3.39. The lowest BCUT2D eigenvalue weighted by atomic mass is 9.70. The van der Waals surface area contributed by atoms with E-state index in [9.17, 15) is 28.0 Å². The van der Waals surface area contributed by atoms with E-state index in [0.717, 1.165) is 19.3 Å². The first-order valence-electron chi connectivity index (χ1n) is 17.8. The molecule has 14 heteroatoms. The predicted molar refractivity (Wildman–Crippen MR) is 176 cm³/mol. The minimum atomic E-state index is -2.64. The van der Waals surface area contributed by atoms with Crippen LogP contribution in [0, 0.1) is 34.0 Å². The van der Waals surface area contributed by atoms with E-state index in [2.05, 4.69) is 24.1 Å². The molecule has 1 aromatic rings. The van der Waals surface area contributed by atoms with Gasteiger partial charge < -0.3 is 29.5 Å². The van der Waals surface area contributed by atoms with E-state index < -0.39 is 29.4 Å². The summed E-state index contributed by atoms with van der Waals surface area (Å²) in [5.74, 6) is -4.02. The maximum atomic E-state index is 14.4. The first-order chi connectivity index (χ1) is 23.2. The number of rotatable bonds is 9. The molecule has 270 valence electrons. The molecule has 4 saturated heterocycles. The summed E-state index contributed by atoms with van der Waals surface area (Å²) < 4.78 is 39.3. The van der Waals surface area contributed by atoms with Crippen molar-refractivity contribution in [2.45, 2.75) is 83.8 Å². The molecule has 4 aliphatic heterocycles. The van der Waals surface area contributed by atoms with Crippen LogP contribution in [-0.2, 0) is 23.9 Å². The molecule has 49 heavy (non-hydrogen) atoms. The lowest BCUT2D eigenvalue weighted by molar-refractivity contribution is -0.159. The predicted octanol–water partition coefficient (Wildman–Crippen LogP) is 3.44. The van der Waals surface area contributed by atoms with Crippen molar-refractivity contribution in [3.8, 4) is 0 Å². The number of nitrogens with one attached hydrogen (secondary N) is 1. The van der Waals surface area contributed by atoms with E-state index in [1.165, 1.54) is 17.5 Å². The second-order valence-corrected chi connectivity index (χ2v) is 17.4. The van der Waals surface area contributed by atoms with E-state index in [1.807, 2.05) is 4.90 Å². The summed E-state index contributed by atoms with van der Waals surface area (Å²) in [6.45, 7) is 9.90. The van der Waals surface area contributed by atoms with Crippen LogP contribution in [0.25, 0.3) is 0 Å². The minimum absolute atomic E-state index is 0.0254. The smallest absolute Gasteiger partial charge is 0.265 e. The van der Waals surface area contributed by atoms with Crippen LogP contribution >= 0.6 is 11.3 Å². The maximum absolute atomic E-state index is 14.4. The van der Waals surface area contributed by atoms with E-state index >= 15 is 0 Å². The SMILES string of the molecule is C[C@@H](OCC1CCC(F)(F)CC1)[C@H](NC(=O)[C@@H]1CN(C(=O)c2cncs2)CC12CN(C(=O)[C@H]1CC1(C)C)C2)C(=O)N1CCC2(CC1)COC2. The lowest BCUT2D eigenvalue weighted by Crippen LogP contribution is -2.66. The molecular formula is C35H49F2N5O6S. The zero-order chi connectivity index (χ0) is 34.8. The largest absolute Gasteiger partial charge is 0.380 e. The number of likely N-dealkylation sites (tertiary alicyclic amines) is 3. The molecule has 2 spiro atoms. The molecule has 11 nitrogen and oxygen atoms in total. The van der Waals surface area contributed by atoms with Gasteiger partial charge in [0.25, 0.3) is 5.91 Å². The number of carbonyl (C=O) groups is 4. The van der Waals surface area contributed by atoms with Gasteiger partial charge in [0.1, 0.15) is 10.9 Å². The fourth-order valence-corrected chi connectivity index (χ4v) is 9.21. The number of thiazole rings is 1. The van der Waals surface area contributed by atoms with E-state index in [4.69, 9.17) is 9.47 Å². The number of halogens is 2. The highest BCUT2D eigenvalue weighted by molar-refractivity contribution is 7.11. The molecule has 5 heterocycles. The molecule has 6 fully saturated rings. The molecule has 1 N–H and O–H groups in total. The summed E-state index contributed by atoms with van der Waals surface area (Å²) in [6.07, 6.45) is 3.66. The van der Waals surface area contributed by atoms with Crippen LogP contribution in [0.15, 0.2) is 11.7 Å². The Labute approximate surface area is 290 Å². The van der Waals surface area contributed by atoms with Crippen molar-refractivity contribution in [2.24, 2.45) is 34.0 Å². The molecule has 4 atom stereocenters. The Morgan fingerprint density at radius 2 is 1.67 bits per heavy atom. The van der Waals surface area contributed by atoms with Crippen LogP contribution in [0.2, 0.25) is 0 Å². The van der Waals surface area contributed by atoms with Gasteiger partial charge in [0.2, 0.25) is 23.6 Å². The van der Waals surface area contributed by atoms with Gasteiger partial charge in [-0.25, -0.2) is 8.78 Å². The second-order valence-electron chi connectivity index (χ2n) is 16.5. The van der Waals surface area contributed by atoms with Crippen molar-refractivity contribution >= 4 is 35.0 Å². The van der Waals surface area contributed by atoms with Crippen molar-refractivity contribution in [1.29, 1.82) is 0 Å². The van der Waals surface area contributed by atoms with E-state index in [-0.39, 0.29) is 72.3 Å². The van der Waals surface area contributed by atoms with Crippen LogP contribution in [-0.4, -0.2) is 120 Å². The Morgan fingerprint density at radius 3 is 2.24 bits per heavy atom. The number of hydrogen-bond donors (Lipinski definition) is 1. The third kappa shape index (κ3) is 6.85. The van der Waals surface area contributed by atoms with Crippen LogP contribution in [0.4, 0.5) is 8.78 Å². The number of hydrogen-bond acceptors (Lipinski definition) is 8. The molecule has 0 radical (unpaired) electrons. The fourth-order valence-electron chi connectivity index (χ4n) is 8.62. The van der Waals surface area contributed by atoms with Gasteiger partial charge in [-0.15, -0.1) is 11.3 Å². The van der Waals surface area contributed by atoms with E-state index in [0.29, 0.717) is 63.7 Å². The second kappa shape index (κ2) is 12.8. The molecule has 0 unspecified atom stereocenters. The zero-order valence-corrected chi connectivity index (χ0v) is 29.6. The Kier molecular flexibility index (Phi) is 9.08.